The van der Waals surface area contributed by atoms with E-state index in [2.05, 4.69) is 26.0 Å². The van der Waals surface area contributed by atoms with Crippen LogP contribution in [0.3, 0.4) is 0 Å². The van der Waals surface area contributed by atoms with Gasteiger partial charge < -0.3 is 19.4 Å². The second kappa shape index (κ2) is 8.08. The van der Waals surface area contributed by atoms with Crippen molar-refractivity contribution < 1.29 is 14.3 Å². The van der Waals surface area contributed by atoms with Gasteiger partial charge in [0.25, 0.3) is 0 Å². The molecular formula is C20H29N3O3. The molecule has 0 spiro atoms. The molecule has 1 aromatic carbocycles. The normalized spacial score (nSPS) is 18.8. The Labute approximate surface area is 155 Å². The summed E-state index contributed by atoms with van der Waals surface area (Å²) in [7, 11) is 0. The van der Waals surface area contributed by atoms with Gasteiger partial charge in [0.1, 0.15) is 0 Å². The minimum Gasteiger partial charge on any atom is -0.378 e. The Hall–Kier alpha value is -2.08. The summed E-state index contributed by atoms with van der Waals surface area (Å²) in [4.78, 5) is 30.9. The average Bonchev–Trinajstić information content (AvgIpc) is 2.68. The maximum Gasteiger partial charge on any atom is 0.320 e. The lowest BCUT2D eigenvalue weighted by atomic mass is 9.81. The summed E-state index contributed by atoms with van der Waals surface area (Å²) in [6.07, 6.45) is 0.481. The number of carbonyl (C=O) groups excluding carboxylic acids is 2. The molecule has 2 heterocycles. The lowest BCUT2D eigenvalue weighted by Gasteiger charge is -2.39. The summed E-state index contributed by atoms with van der Waals surface area (Å²) in [5, 5.41) is 0. The van der Waals surface area contributed by atoms with Gasteiger partial charge >= 0.3 is 6.03 Å². The van der Waals surface area contributed by atoms with Crippen LogP contribution in [0.25, 0.3) is 0 Å². The molecule has 1 aromatic rings. The third kappa shape index (κ3) is 4.36. The number of piperazine rings is 1. The highest BCUT2D eigenvalue weighted by Gasteiger charge is 2.31. The third-order valence-corrected chi connectivity index (χ3v) is 5.33. The number of rotatable bonds is 3. The number of nitrogens with zero attached hydrogens (tertiary/aromatic N) is 3. The minimum atomic E-state index is -0.195. The van der Waals surface area contributed by atoms with Gasteiger partial charge in [-0.1, -0.05) is 44.2 Å². The lowest BCUT2D eigenvalue weighted by molar-refractivity contribution is -0.133. The second-order valence-electron chi connectivity index (χ2n) is 7.68. The Morgan fingerprint density at radius 2 is 1.42 bits per heavy atom. The van der Waals surface area contributed by atoms with Crippen LogP contribution in [-0.2, 0) is 14.9 Å². The van der Waals surface area contributed by atoms with Crippen LogP contribution in [0.2, 0.25) is 0 Å². The predicted octanol–water partition coefficient (Wildman–Crippen LogP) is 1.95. The maximum absolute atomic E-state index is 12.8. The average molecular weight is 359 g/mol. The summed E-state index contributed by atoms with van der Waals surface area (Å²) in [6, 6.07) is 10.2. The minimum absolute atomic E-state index is 0.0741. The molecule has 0 bridgehead atoms. The summed E-state index contributed by atoms with van der Waals surface area (Å²) in [6.45, 7) is 9.18. The van der Waals surface area contributed by atoms with Crippen molar-refractivity contribution >= 4 is 11.9 Å². The Kier molecular flexibility index (Phi) is 5.81. The molecule has 2 aliphatic rings. The van der Waals surface area contributed by atoms with Crippen molar-refractivity contribution in [3.63, 3.8) is 0 Å². The standard InChI is InChI=1S/C20H29N3O3/c1-20(2,17-6-4-3-5-7-17)16-18(24)21-8-10-22(11-9-21)19(25)23-12-14-26-15-13-23/h3-7H,8-16H2,1-2H3. The fourth-order valence-electron chi connectivity index (χ4n) is 3.58. The number of urea groups is 1. The summed E-state index contributed by atoms with van der Waals surface area (Å²) >= 11 is 0. The maximum atomic E-state index is 12.8. The van der Waals surface area contributed by atoms with E-state index in [-0.39, 0.29) is 17.4 Å². The Balaban J connectivity index is 1.51. The van der Waals surface area contributed by atoms with Gasteiger partial charge in [0, 0.05) is 45.7 Å². The molecule has 0 radical (unpaired) electrons. The fraction of sp³-hybridized carbons (Fsp3) is 0.600. The van der Waals surface area contributed by atoms with E-state index in [1.807, 2.05) is 32.9 Å². The Morgan fingerprint density at radius 3 is 2.04 bits per heavy atom. The van der Waals surface area contributed by atoms with Gasteiger partial charge in [-0.05, 0) is 11.0 Å². The van der Waals surface area contributed by atoms with Gasteiger partial charge in [0.05, 0.1) is 13.2 Å². The first kappa shape index (κ1) is 18.7. The SMILES string of the molecule is CC(C)(CC(=O)N1CCN(C(=O)N2CCOCC2)CC1)c1ccccc1. The first-order valence-corrected chi connectivity index (χ1v) is 9.42. The molecule has 3 rings (SSSR count). The van der Waals surface area contributed by atoms with Crippen LogP contribution in [0.4, 0.5) is 4.79 Å². The highest BCUT2D eigenvalue weighted by molar-refractivity contribution is 5.79. The van der Waals surface area contributed by atoms with E-state index in [0.717, 1.165) is 0 Å². The predicted molar refractivity (Wildman–Crippen MR) is 100 cm³/mol. The van der Waals surface area contributed by atoms with Crippen LogP contribution in [0, 0.1) is 0 Å². The largest absolute Gasteiger partial charge is 0.378 e. The van der Waals surface area contributed by atoms with Crippen molar-refractivity contribution in [2.24, 2.45) is 0 Å². The molecule has 3 amide bonds. The first-order valence-electron chi connectivity index (χ1n) is 9.42. The van der Waals surface area contributed by atoms with Crippen LogP contribution >= 0.6 is 0 Å². The highest BCUT2D eigenvalue weighted by atomic mass is 16.5. The lowest BCUT2D eigenvalue weighted by Crippen LogP contribution is -2.56. The Morgan fingerprint density at radius 1 is 0.885 bits per heavy atom. The molecule has 6 nitrogen and oxygen atoms in total. The molecule has 2 fully saturated rings. The van der Waals surface area contributed by atoms with E-state index >= 15 is 0 Å². The fourth-order valence-corrected chi connectivity index (χ4v) is 3.58. The van der Waals surface area contributed by atoms with Gasteiger partial charge in [-0.2, -0.15) is 0 Å². The van der Waals surface area contributed by atoms with Gasteiger partial charge in [-0.3, -0.25) is 4.79 Å². The van der Waals surface area contributed by atoms with Gasteiger partial charge in [0.2, 0.25) is 5.91 Å². The van der Waals surface area contributed by atoms with Crippen molar-refractivity contribution in [3.05, 3.63) is 35.9 Å². The number of ether oxygens (including phenoxy) is 1. The summed E-state index contributed by atoms with van der Waals surface area (Å²) in [5.41, 5.74) is 0.980. The van der Waals surface area contributed by atoms with E-state index in [0.29, 0.717) is 58.9 Å². The molecule has 0 saturated carbocycles. The summed E-state index contributed by atoms with van der Waals surface area (Å²) < 4.78 is 5.30. The van der Waals surface area contributed by atoms with Crippen molar-refractivity contribution in [2.75, 3.05) is 52.5 Å². The zero-order valence-corrected chi connectivity index (χ0v) is 15.8. The van der Waals surface area contributed by atoms with E-state index in [4.69, 9.17) is 4.74 Å². The highest BCUT2D eigenvalue weighted by Crippen LogP contribution is 2.27. The van der Waals surface area contributed by atoms with Crippen LogP contribution in [0.15, 0.2) is 30.3 Å². The van der Waals surface area contributed by atoms with E-state index in [9.17, 15) is 9.59 Å². The number of hydrogen-bond donors (Lipinski definition) is 0. The van der Waals surface area contributed by atoms with Crippen LogP contribution in [0.5, 0.6) is 0 Å². The van der Waals surface area contributed by atoms with Crippen LogP contribution in [0.1, 0.15) is 25.8 Å². The van der Waals surface area contributed by atoms with Crippen molar-refractivity contribution in [3.8, 4) is 0 Å². The Bertz CT molecular complexity index is 618. The zero-order valence-electron chi connectivity index (χ0n) is 15.8. The van der Waals surface area contributed by atoms with E-state index in [1.54, 1.807) is 0 Å². The molecule has 0 atom stereocenters. The summed E-state index contributed by atoms with van der Waals surface area (Å²) in [5.74, 6) is 0.164. The molecule has 2 aliphatic heterocycles. The topological polar surface area (TPSA) is 53.1 Å². The number of benzene rings is 1. The molecule has 2 saturated heterocycles. The monoisotopic (exact) mass is 359 g/mol. The molecule has 142 valence electrons. The van der Waals surface area contributed by atoms with Crippen molar-refractivity contribution in [2.45, 2.75) is 25.7 Å². The van der Waals surface area contributed by atoms with E-state index in [1.165, 1.54) is 5.56 Å². The molecular weight excluding hydrogens is 330 g/mol. The molecule has 0 unspecified atom stereocenters. The van der Waals surface area contributed by atoms with Gasteiger partial charge in [-0.25, -0.2) is 4.79 Å². The number of hydrogen-bond acceptors (Lipinski definition) is 3. The molecule has 26 heavy (non-hydrogen) atoms. The van der Waals surface area contributed by atoms with Gasteiger partial charge in [0.15, 0.2) is 0 Å². The van der Waals surface area contributed by atoms with Crippen molar-refractivity contribution in [1.29, 1.82) is 0 Å². The first-order chi connectivity index (χ1) is 12.5. The van der Waals surface area contributed by atoms with Crippen LogP contribution < -0.4 is 0 Å². The quantitative estimate of drug-likeness (QED) is 0.829. The number of carbonyl (C=O) groups is 2. The molecule has 0 N–H and O–H groups in total. The zero-order chi connectivity index (χ0) is 18.6. The number of morpholine rings is 1. The van der Waals surface area contributed by atoms with Crippen molar-refractivity contribution in [1.82, 2.24) is 14.7 Å². The van der Waals surface area contributed by atoms with Gasteiger partial charge in [-0.15, -0.1) is 0 Å². The van der Waals surface area contributed by atoms with Crippen LogP contribution in [-0.4, -0.2) is 79.1 Å². The smallest absolute Gasteiger partial charge is 0.320 e. The molecule has 6 heteroatoms. The molecule has 0 aromatic heterocycles. The molecule has 0 aliphatic carbocycles. The van der Waals surface area contributed by atoms with E-state index < -0.39 is 0 Å². The third-order valence-electron chi connectivity index (χ3n) is 5.33. The number of amides is 3. The second-order valence-corrected chi connectivity index (χ2v) is 7.68.